The third kappa shape index (κ3) is 3.74. The van der Waals surface area contributed by atoms with Crippen molar-refractivity contribution in [3.8, 4) is 5.75 Å². The molecular formula is C19H19N3O5S. The molecule has 1 aromatic carbocycles. The number of aromatic nitrogens is 2. The molecule has 3 rings (SSSR count). The molecular weight excluding hydrogens is 382 g/mol. The number of para-hydroxylation sites is 1. The fourth-order valence-corrected chi connectivity index (χ4v) is 3.83. The average molecular weight is 401 g/mol. The fourth-order valence-electron chi connectivity index (χ4n) is 2.78. The Hall–Kier alpha value is -3.20. The average Bonchev–Trinajstić information content (AvgIpc) is 2.95. The summed E-state index contributed by atoms with van der Waals surface area (Å²) in [6.45, 7) is 3.82. The number of hydrogen-bond donors (Lipinski definition) is 3. The molecule has 8 nitrogen and oxygen atoms in total. The van der Waals surface area contributed by atoms with Crippen LogP contribution in [0.3, 0.4) is 0 Å². The van der Waals surface area contributed by atoms with Crippen molar-refractivity contribution in [2.75, 3.05) is 12.4 Å². The lowest BCUT2D eigenvalue weighted by Gasteiger charge is -2.10. The van der Waals surface area contributed by atoms with Gasteiger partial charge < -0.3 is 20.1 Å². The molecule has 0 aliphatic heterocycles. The summed E-state index contributed by atoms with van der Waals surface area (Å²) in [5, 5.41) is 13.3. The van der Waals surface area contributed by atoms with Gasteiger partial charge in [0.2, 0.25) is 5.91 Å². The highest BCUT2D eigenvalue weighted by molar-refractivity contribution is 7.18. The van der Waals surface area contributed by atoms with Gasteiger partial charge in [0.15, 0.2) is 5.75 Å². The molecule has 3 aromatic rings. The zero-order chi connectivity index (χ0) is 20.4. The highest BCUT2D eigenvalue weighted by Gasteiger charge is 2.17. The molecule has 0 aliphatic carbocycles. The van der Waals surface area contributed by atoms with Gasteiger partial charge in [0.25, 0.3) is 5.56 Å². The minimum absolute atomic E-state index is 0.0413. The number of thiophene rings is 1. The number of phenols is 1. The lowest BCUT2D eigenvalue weighted by molar-refractivity contribution is -0.116. The number of rotatable bonds is 5. The van der Waals surface area contributed by atoms with E-state index in [1.165, 1.54) is 36.6 Å². The predicted octanol–water partition coefficient (Wildman–Crippen LogP) is 2.66. The lowest BCUT2D eigenvalue weighted by atomic mass is 10.1. The topological polar surface area (TPSA) is 121 Å². The minimum atomic E-state index is -0.704. The van der Waals surface area contributed by atoms with Crippen LogP contribution in [-0.2, 0) is 16.0 Å². The molecule has 0 radical (unpaired) electrons. The molecule has 2 heterocycles. The Kier molecular flexibility index (Phi) is 5.46. The number of benzene rings is 1. The van der Waals surface area contributed by atoms with Crippen LogP contribution in [0, 0.1) is 13.8 Å². The standard InChI is InChI=1S/C19H19N3O5S/c1-9-10(2)28-18-15(9)17(25)21-13(22-18)7-8-14(23)20-12-6-4-5-11(16(12)24)19(26)27-3/h4-6,24H,7-8H2,1-3H3,(H,20,23)(H,21,22,25). The predicted molar refractivity (Wildman–Crippen MR) is 106 cm³/mol. The molecule has 2 aromatic heterocycles. The number of methoxy groups -OCH3 is 1. The number of esters is 1. The van der Waals surface area contributed by atoms with Crippen molar-refractivity contribution >= 4 is 39.1 Å². The molecule has 3 N–H and O–H groups in total. The Morgan fingerprint density at radius 3 is 2.79 bits per heavy atom. The van der Waals surface area contributed by atoms with Gasteiger partial charge in [0.1, 0.15) is 16.2 Å². The van der Waals surface area contributed by atoms with E-state index in [4.69, 9.17) is 0 Å². The van der Waals surface area contributed by atoms with Crippen molar-refractivity contribution in [2.45, 2.75) is 26.7 Å². The lowest BCUT2D eigenvalue weighted by Crippen LogP contribution is -2.16. The number of ether oxygens (including phenoxy) is 1. The highest BCUT2D eigenvalue weighted by atomic mass is 32.1. The summed E-state index contributed by atoms with van der Waals surface area (Å²) >= 11 is 1.44. The Labute approximate surface area is 164 Å². The van der Waals surface area contributed by atoms with Gasteiger partial charge >= 0.3 is 5.97 Å². The first-order valence-corrected chi connectivity index (χ1v) is 9.32. The van der Waals surface area contributed by atoms with E-state index in [-0.39, 0.29) is 35.4 Å². The number of phenolic OH excluding ortho intramolecular Hbond substituents is 1. The summed E-state index contributed by atoms with van der Waals surface area (Å²) in [5.74, 6) is -1.04. The largest absolute Gasteiger partial charge is 0.505 e. The van der Waals surface area contributed by atoms with Gasteiger partial charge in [-0.3, -0.25) is 9.59 Å². The quantitative estimate of drug-likeness (QED) is 0.446. The summed E-state index contributed by atoms with van der Waals surface area (Å²) in [4.78, 5) is 45.0. The molecule has 0 saturated carbocycles. The summed E-state index contributed by atoms with van der Waals surface area (Å²) in [6, 6.07) is 4.39. The van der Waals surface area contributed by atoms with E-state index in [2.05, 4.69) is 20.0 Å². The number of hydrogen-bond acceptors (Lipinski definition) is 7. The van der Waals surface area contributed by atoms with E-state index < -0.39 is 11.9 Å². The second-order valence-electron chi connectivity index (χ2n) is 6.22. The molecule has 0 spiro atoms. The number of carbonyl (C=O) groups is 2. The first-order valence-electron chi connectivity index (χ1n) is 8.50. The number of aromatic hydroxyl groups is 1. The maximum Gasteiger partial charge on any atom is 0.341 e. The number of anilines is 1. The number of amides is 1. The number of fused-ring (bicyclic) bond motifs is 1. The van der Waals surface area contributed by atoms with E-state index in [1.807, 2.05) is 13.8 Å². The molecule has 0 atom stereocenters. The van der Waals surface area contributed by atoms with Gasteiger partial charge in [-0.05, 0) is 31.5 Å². The number of carbonyl (C=O) groups excluding carboxylic acids is 2. The third-order valence-electron chi connectivity index (χ3n) is 4.39. The van der Waals surface area contributed by atoms with E-state index in [9.17, 15) is 19.5 Å². The molecule has 9 heteroatoms. The second kappa shape index (κ2) is 7.81. The van der Waals surface area contributed by atoms with E-state index >= 15 is 0 Å². The maximum atomic E-state index is 12.3. The number of aryl methyl sites for hydroxylation is 3. The third-order valence-corrected chi connectivity index (χ3v) is 5.49. The van der Waals surface area contributed by atoms with Crippen molar-refractivity contribution < 1.29 is 19.4 Å². The van der Waals surface area contributed by atoms with Crippen molar-refractivity contribution in [3.05, 3.63) is 50.4 Å². The van der Waals surface area contributed by atoms with Crippen LogP contribution in [0.15, 0.2) is 23.0 Å². The number of nitrogens with zero attached hydrogens (tertiary/aromatic N) is 1. The summed E-state index contributed by atoms with van der Waals surface area (Å²) in [7, 11) is 1.20. The van der Waals surface area contributed by atoms with Gasteiger partial charge in [0.05, 0.1) is 18.2 Å². The monoisotopic (exact) mass is 401 g/mol. The Morgan fingerprint density at radius 1 is 1.32 bits per heavy atom. The van der Waals surface area contributed by atoms with Gasteiger partial charge in [-0.15, -0.1) is 11.3 Å². The van der Waals surface area contributed by atoms with Crippen LogP contribution in [0.2, 0.25) is 0 Å². The molecule has 146 valence electrons. The first-order chi connectivity index (χ1) is 13.3. The van der Waals surface area contributed by atoms with Crippen LogP contribution >= 0.6 is 11.3 Å². The number of H-pyrrole nitrogens is 1. The van der Waals surface area contributed by atoms with Gasteiger partial charge in [-0.1, -0.05) is 6.07 Å². The SMILES string of the molecule is COC(=O)c1cccc(NC(=O)CCc2nc3sc(C)c(C)c3c(=O)[nH]2)c1O. The normalized spacial score (nSPS) is 10.8. The Morgan fingerprint density at radius 2 is 2.07 bits per heavy atom. The maximum absolute atomic E-state index is 12.3. The summed E-state index contributed by atoms with van der Waals surface area (Å²) in [6.07, 6.45) is 0.268. The van der Waals surface area contributed by atoms with Crippen LogP contribution in [0.1, 0.15) is 33.0 Å². The second-order valence-corrected chi connectivity index (χ2v) is 7.42. The van der Waals surface area contributed by atoms with E-state index in [0.717, 1.165) is 10.4 Å². The molecule has 0 unspecified atom stereocenters. The van der Waals surface area contributed by atoms with Gasteiger partial charge in [0, 0.05) is 17.7 Å². The molecule has 0 fully saturated rings. The highest BCUT2D eigenvalue weighted by Crippen LogP contribution is 2.28. The molecule has 0 saturated heterocycles. The van der Waals surface area contributed by atoms with Crippen molar-refractivity contribution in [1.29, 1.82) is 0 Å². The summed E-state index contributed by atoms with van der Waals surface area (Å²) < 4.78 is 4.59. The van der Waals surface area contributed by atoms with Crippen LogP contribution in [0.4, 0.5) is 5.69 Å². The number of nitrogens with one attached hydrogen (secondary N) is 2. The zero-order valence-electron chi connectivity index (χ0n) is 15.6. The van der Waals surface area contributed by atoms with Crippen molar-refractivity contribution in [3.63, 3.8) is 0 Å². The fraction of sp³-hybridized carbons (Fsp3) is 0.263. The zero-order valence-corrected chi connectivity index (χ0v) is 16.4. The van der Waals surface area contributed by atoms with E-state index in [1.54, 1.807) is 0 Å². The molecule has 28 heavy (non-hydrogen) atoms. The first kappa shape index (κ1) is 19.6. The molecule has 0 aliphatic rings. The summed E-state index contributed by atoms with van der Waals surface area (Å²) in [5.41, 5.74) is 0.763. The van der Waals surface area contributed by atoms with Crippen LogP contribution in [0.25, 0.3) is 10.2 Å². The Bertz CT molecular complexity index is 1130. The molecule has 1 amide bonds. The number of aromatic amines is 1. The molecule has 0 bridgehead atoms. The van der Waals surface area contributed by atoms with E-state index in [0.29, 0.717) is 16.0 Å². The van der Waals surface area contributed by atoms with Gasteiger partial charge in [-0.2, -0.15) is 0 Å². The van der Waals surface area contributed by atoms with Crippen LogP contribution in [0.5, 0.6) is 5.75 Å². The Balaban J connectivity index is 1.72. The van der Waals surface area contributed by atoms with Gasteiger partial charge in [-0.25, -0.2) is 9.78 Å². The van der Waals surface area contributed by atoms with Crippen molar-refractivity contribution in [2.24, 2.45) is 0 Å². The van der Waals surface area contributed by atoms with Crippen LogP contribution < -0.4 is 10.9 Å². The smallest absolute Gasteiger partial charge is 0.341 e. The van der Waals surface area contributed by atoms with Crippen LogP contribution in [-0.4, -0.2) is 34.1 Å². The van der Waals surface area contributed by atoms with Crippen molar-refractivity contribution in [1.82, 2.24) is 9.97 Å². The minimum Gasteiger partial charge on any atom is -0.505 e.